The first kappa shape index (κ1) is 24.9. The van der Waals surface area contributed by atoms with Gasteiger partial charge in [0.25, 0.3) is 0 Å². The van der Waals surface area contributed by atoms with E-state index >= 15 is 0 Å². The van der Waals surface area contributed by atoms with Crippen molar-refractivity contribution in [3.8, 4) is 0 Å². The summed E-state index contributed by atoms with van der Waals surface area (Å²) in [6.07, 6.45) is 4.46. The average Bonchev–Trinajstić information content (AvgIpc) is 3.51. The molecule has 3 rings (SSSR count). The first-order chi connectivity index (χ1) is 16.3. The van der Waals surface area contributed by atoms with Gasteiger partial charge in [0.1, 0.15) is 18.1 Å². The Morgan fingerprint density at radius 2 is 1.94 bits per heavy atom. The minimum atomic E-state index is -1.17. The van der Waals surface area contributed by atoms with Crippen LogP contribution in [-0.4, -0.2) is 74.4 Å². The number of nitrogens with zero attached hydrogens (tertiary/aromatic N) is 2. The van der Waals surface area contributed by atoms with Crippen molar-refractivity contribution in [2.45, 2.75) is 56.8 Å². The lowest BCUT2D eigenvalue weighted by Crippen LogP contribution is -2.57. The van der Waals surface area contributed by atoms with Gasteiger partial charge in [-0.1, -0.05) is 30.3 Å². The molecule has 0 saturated carbocycles. The molecule has 1 aromatic heterocycles. The number of aromatic nitrogens is 2. The number of nitrogens with one attached hydrogen (secondary N) is 3. The van der Waals surface area contributed by atoms with Crippen LogP contribution in [0.1, 0.15) is 31.0 Å². The number of carbonyl (C=O) groups excluding carboxylic acids is 3. The van der Waals surface area contributed by atoms with Crippen molar-refractivity contribution in [2.24, 2.45) is 5.73 Å². The summed E-state index contributed by atoms with van der Waals surface area (Å²) in [6, 6.07) is 5.58. The first-order valence-electron chi connectivity index (χ1n) is 11.2. The molecule has 0 aliphatic carbocycles. The summed E-state index contributed by atoms with van der Waals surface area (Å²) in [5, 5.41) is 14.2. The van der Waals surface area contributed by atoms with E-state index in [-0.39, 0.29) is 6.42 Å². The number of amides is 3. The van der Waals surface area contributed by atoms with Gasteiger partial charge < -0.3 is 31.4 Å². The molecule has 1 fully saturated rings. The molecule has 182 valence electrons. The fourth-order valence-corrected chi connectivity index (χ4v) is 3.93. The molecular weight excluding hydrogens is 440 g/mol. The Kier molecular flexibility index (Phi) is 8.36. The molecule has 34 heavy (non-hydrogen) atoms. The van der Waals surface area contributed by atoms with Crippen molar-refractivity contribution in [2.75, 3.05) is 6.54 Å². The van der Waals surface area contributed by atoms with Gasteiger partial charge in [0.2, 0.25) is 17.7 Å². The molecule has 4 unspecified atom stereocenters. The van der Waals surface area contributed by atoms with Crippen molar-refractivity contribution in [1.82, 2.24) is 25.5 Å². The molecular formula is C23H30N6O5. The van der Waals surface area contributed by atoms with Crippen LogP contribution in [0.2, 0.25) is 0 Å². The van der Waals surface area contributed by atoms with Crippen LogP contribution in [0.3, 0.4) is 0 Å². The number of rotatable bonds is 10. The van der Waals surface area contributed by atoms with Crippen LogP contribution in [0.15, 0.2) is 42.9 Å². The molecule has 0 radical (unpaired) electrons. The van der Waals surface area contributed by atoms with Gasteiger partial charge in [-0.15, -0.1) is 0 Å². The van der Waals surface area contributed by atoms with E-state index in [1.165, 1.54) is 18.2 Å². The minimum Gasteiger partial charge on any atom is -0.480 e. The van der Waals surface area contributed by atoms with Gasteiger partial charge in [0.05, 0.1) is 12.4 Å². The van der Waals surface area contributed by atoms with E-state index in [4.69, 9.17) is 10.8 Å². The van der Waals surface area contributed by atoms with E-state index in [1.54, 1.807) is 6.20 Å². The zero-order valence-corrected chi connectivity index (χ0v) is 18.9. The monoisotopic (exact) mass is 470 g/mol. The van der Waals surface area contributed by atoms with E-state index < -0.39 is 47.9 Å². The number of likely N-dealkylation sites (tertiary alicyclic amines) is 1. The number of carboxylic acid groups (broad SMARTS) is 1. The number of hydrogen-bond donors (Lipinski definition) is 5. The van der Waals surface area contributed by atoms with Crippen LogP contribution in [0, 0.1) is 0 Å². The summed E-state index contributed by atoms with van der Waals surface area (Å²) < 4.78 is 0. The van der Waals surface area contributed by atoms with Crippen LogP contribution in [0.25, 0.3) is 0 Å². The summed E-state index contributed by atoms with van der Waals surface area (Å²) in [5.41, 5.74) is 7.63. The third kappa shape index (κ3) is 6.41. The SMILES string of the molecule is CC(NC(=O)C1CCCN1C(=O)C(Cc1cnc[nH]1)NC(=O)C(N)Cc1ccccc1)C(=O)O. The predicted molar refractivity (Wildman–Crippen MR) is 122 cm³/mol. The largest absolute Gasteiger partial charge is 0.480 e. The number of carbonyl (C=O) groups is 4. The molecule has 3 amide bonds. The van der Waals surface area contributed by atoms with Gasteiger partial charge >= 0.3 is 5.97 Å². The van der Waals surface area contributed by atoms with E-state index in [0.29, 0.717) is 31.5 Å². The highest BCUT2D eigenvalue weighted by molar-refractivity contribution is 5.94. The van der Waals surface area contributed by atoms with Crippen molar-refractivity contribution in [3.63, 3.8) is 0 Å². The first-order valence-corrected chi connectivity index (χ1v) is 11.2. The van der Waals surface area contributed by atoms with Crippen LogP contribution in [0.5, 0.6) is 0 Å². The van der Waals surface area contributed by atoms with Crippen LogP contribution >= 0.6 is 0 Å². The summed E-state index contributed by atoms with van der Waals surface area (Å²) in [6.45, 7) is 1.68. The highest BCUT2D eigenvalue weighted by atomic mass is 16.4. The molecule has 11 nitrogen and oxygen atoms in total. The predicted octanol–water partition coefficient (Wildman–Crippen LogP) is -0.413. The number of carboxylic acids is 1. The highest BCUT2D eigenvalue weighted by Crippen LogP contribution is 2.20. The lowest BCUT2D eigenvalue weighted by molar-refractivity contribution is -0.144. The van der Waals surface area contributed by atoms with E-state index in [2.05, 4.69) is 20.6 Å². The molecule has 0 bridgehead atoms. The maximum Gasteiger partial charge on any atom is 0.325 e. The van der Waals surface area contributed by atoms with Gasteiger partial charge in [-0.3, -0.25) is 19.2 Å². The van der Waals surface area contributed by atoms with Crippen molar-refractivity contribution in [3.05, 3.63) is 54.1 Å². The van der Waals surface area contributed by atoms with Crippen molar-refractivity contribution >= 4 is 23.7 Å². The maximum absolute atomic E-state index is 13.5. The smallest absolute Gasteiger partial charge is 0.325 e. The van der Waals surface area contributed by atoms with Crippen molar-refractivity contribution < 1.29 is 24.3 Å². The second kappa shape index (κ2) is 11.4. The molecule has 11 heteroatoms. The van der Waals surface area contributed by atoms with Crippen LogP contribution in [0.4, 0.5) is 0 Å². The average molecular weight is 471 g/mol. The Balaban J connectivity index is 1.72. The number of benzene rings is 1. The summed E-state index contributed by atoms with van der Waals surface area (Å²) in [7, 11) is 0. The Hall–Kier alpha value is -3.73. The molecule has 2 heterocycles. The third-order valence-corrected chi connectivity index (χ3v) is 5.80. The Morgan fingerprint density at radius 3 is 2.59 bits per heavy atom. The van der Waals surface area contributed by atoms with Gasteiger partial charge in [-0.2, -0.15) is 0 Å². The number of aliphatic carboxylic acids is 1. The number of aromatic amines is 1. The van der Waals surface area contributed by atoms with Crippen molar-refractivity contribution in [1.29, 1.82) is 0 Å². The third-order valence-electron chi connectivity index (χ3n) is 5.80. The van der Waals surface area contributed by atoms with Gasteiger partial charge in [0, 0.05) is 24.9 Å². The summed E-state index contributed by atoms with van der Waals surface area (Å²) in [4.78, 5) is 58.4. The molecule has 1 aliphatic heterocycles. The van der Waals surface area contributed by atoms with E-state index in [1.807, 2.05) is 30.3 Å². The second-order valence-corrected chi connectivity index (χ2v) is 8.40. The normalized spacial score (nSPS) is 18.1. The van der Waals surface area contributed by atoms with Crippen LogP contribution < -0.4 is 16.4 Å². The molecule has 2 aromatic rings. The standard InChI is InChI=1S/C23H30N6O5/c1-14(23(33)34)27-21(31)19-8-5-9-29(19)22(32)18(11-16-12-25-13-26-16)28-20(30)17(24)10-15-6-3-2-4-7-15/h2-4,6-7,12-14,17-19H,5,8-11,24H2,1H3,(H,25,26)(H,27,31)(H,28,30)(H,33,34). The fourth-order valence-electron chi connectivity index (χ4n) is 3.93. The maximum atomic E-state index is 13.5. The Bertz CT molecular complexity index is 997. The molecule has 1 aromatic carbocycles. The Labute approximate surface area is 197 Å². The number of hydrogen-bond acceptors (Lipinski definition) is 6. The molecule has 1 saturated heterocycles. The number of nitrogens with two attached hydrogens (primary N) is 1. The topological polar surface area (TPSA) is 171 Å². The zero-order chi connectivity index (χ0) is 24.7. The molecule has 6 N–H and O–H groups in total. The van der Waals surface area contributed by atoms with E-state index in [9.17, 15) is 19.2 Å². The van der Waals surface area contributed by atoms with Crippen LogP contribution in [-0.2, 0) is 32.0 Å². The molecule has 1 aliphatic rings. The number of imidazole rings is 1. The highest BCUT2D eigenvalue weighted by Gasteiger charge is 2.38. The molecule has 0 spiro atoms. The fraction of sp³-hybridized carbons (Fsp3) is 0.435. The van der Waals surface area contributed by atoms with Gasteiger partial charge in [-0.05, 0) is 31.7 Å². The summed E-state index contributed by atoms with van der Waals surface area (Å²) in [5.74, 6) is -2.62. The van der Waals surface area contributed by atoms with Gasteiger partial charge in [0.15, 0.2) is 0 Å². The number of H-pyrrole nitrogens is 1. The lowest BCUT2D eigenvalue weighted by Gasteiger charge is -2.29. The summed E-state index contributed by atoms with van der Waals surface area (Å²) >= 11 is 0. The molecule has 4 atom stereocenters. The zero-order valence-electron chi connectivity index (χ0n) is 18.9. The quantitative estimate of drug-likeness (QED) is 0.314. The minimum absolute atomic E-state index is 0.138. The second-order valence-electron chi connectivity index (χ2n) is 8.40. The Morgan fingerprint density at radius 1 is 1.21 bits per heavy atom. The lowest BCUT2D eigenvalue weighted by atomic mass is 10.0. The van der Waals surface area contributed by atoms with Gasteiger partial charge in [-0.25, -0.2) is 4.98 Å². The van der Waals surface area contributed by atoms with E-state index in [0.717, 1.165) is 5.56 Å².